The van der Waals surface area contributed by atoms with Gasteiger partial charge in [-0.25, -0.2) is 4.79 Å². The van der Waals surface area contributed by atoms with Gasteiger partial charge in [-0.2, -0.15) is 0 Å². The summed E-state index contributed by atoms with van der Waals surface area (Å²) in [5.41, 5.74) is 4.51. The van der Waals surface area contributed by atoms with E-state index in [1.165, 1.54) is 5.56 Å². The third kappa shape index (κ3) is 8.28. The van der Waals surface area contributed by atoms with Gasteiger partial charge in [0.15, 0.2) is 0 Å². The molecule has 0 radical (unpaired) electrons. The molecular formula is C27H31F3O3S. The van der Waals surface area contributed by atoms with Crippen molar-refractivity contribution in [3.8, 4) is 5.75 Å². The lowest BCUT2D eigenvalue weighted by Gasteiger charge is -2.17. The number of allylic oxidation sites excluding steroid dienone is 1. The summed E-state index contributed by atoms with van der Waals surface area (Å²) in [5.74, 6) is -1.06. The molecule has 1 aliphatic carbocycles. The molecule has 0 saturated carbocycles. The van der Waals surface area contributed by atoms with E-state index in [0.717, 1.165) is 67.7 Å². The predicted octanol–water partition coefficient (Wildman–Crippen LogP) is 8.19. The lowest BCUT2D eigenvalue weighted by atomic mass is 9.98. The number of carbonyl (C=O) groups excluding carboxylic acids is 1. The molecule has 3 rings (SSSR count). The number of fused-ring (bicyclic) bond motifs is 1. The number of halogens is 3. The normalized spacial score (nSPS) is 13.9. The summed E-state index contributed by atoms with van der Waals surface area (Å²) in [6.07, 6.45) is 9.14. The molecule has 0 fully saturated rings. The van der Waals surface area contributed by atoms with E-state index >= 15 is 0 Å². The van der Waals surface area contributed by atoms with Crippen LogP contribution in [-0.4, -0.2) is 19.2 Å². The highest BCUT2D eigenvalue weighted by Gasteiger charge is 2.24. The van der Waals surface area contributed by atoms with Crippen LogP contribution in [0.5, 0.6) is 5.75 Å². The van der Waals surface area contributed by atoms with Gasteiger partial charge in [0.25, 0.3) is 0 Å². The third-order valence-electron chi connectivity index (χ3n) is 5.73. The van der Waals surface area contributed by atoms with Gasteiger partial charge in [0.05, 0.1) is 19.0 Å². The number of aryl methyl sites for hydroxylation is 1. The zero-order valence-corrected chi connectivity index (χ0v) is 20.1. The van der Waals surface area contributed by atoms with Gasteiger partial charge in [-0.1, -0.05) is 43.0 Å². The molecule has 2 aromatic carbocycles. The monoisotopic (exact) mass is 492 g/mol. The van der Waals surface area contributed by atoms with Crippen LogP contribution < -0.4 is 4.74 Å². The van der Waals surface area contributed by atoms with Crippen molar-refractivity contribution in [3.05, 3.63) is 77.4 Å². The molecule has 34 heavy (non-hydrogen) atoms. The minimum atomic E-state index is -5.21. The average Bonchev–Trinajstić information content (AvgIpc) is 3.03. The van der Waals surface area contributed by atoms with E-state index in [0.29, 0.717) is 19.0 Å². The molecule has 0 bridgehead atoms. The molecule has 0 heterocycles. The maximum absolute atomic E-state index is 13.4. The zero-order chi connectivity index (χ0) is 24.4. The predicted molar refractivity (Wildman–Crippen MR) is 133 cm³/mol. The van der Waals surface area contributed by atoms with E-state index in [4.69, 9.17) is 9.47 Å². The SMILES string of the molecule is C=CC(=O)OCCCCCCOc1ccc(C2=Cc3ccccc3CCC2)cc1CS(F)(F)F. The highest BCUT2D eigenvalue weighted by molar-refractivity contribution is 8.20. The van der Waals surface area contributed by atoms with Crippen molar-refractivity contribution in [1.29, 1.82) is 0 Å². The molecule has 3 nitrogen and oxygen atoms in total. The van der Waals surface area contributed by atoms with E-state index in [-0.39, 0.29) is 5.56 Å². The Morgan fingerprint density at radius 3 is 2.53 bits per heavy atom. The third-order valence-corrected chi connectivity index (χ3v) is 6.37. The van der Waals surface area contributed by atoms with Crippen LogP contribution in [0.4, 0.5) is 11.7 Å². The summed E-state index contributed by atoms with van der Waals surface area (Å²) in [4.78, 5) is 11.0. The van der Waals surface area contributed by atoms with Crippen molar-refractivity contribution >= 4 is 28.8 Å². The molecule has 0 atom stereocenters. The Bertz CT molecular complexity index is 1010. The van der Waals surface area contributed by atoms with Crippen molar-refractivity contribution in [3.63, 3.8) is 0 Å². The molecule has 7 heteroatoms. The van der Waals surface area contributed by atoms with Crippen molar-refractivity contribution in [2.45, 2.75) is 50.7 Å². The summed E-state index contributed by atoms with van der Waals surface area (Å²) in [7, 11) is 0. The quantitative estimate of drug-likeness (QED) is 0.170. The number of hydrogen-bond donors (Lipinski definition) is 0. The van der Waals surface area contributed by atoms with Crippen molar-refractivity contribution in [2.75, 3.05) is 13.2 Å². The first-order valence-corrected chi connectivity index (χ1v) is 13.1. The topological polar surface area (TPSA) is 35.5 Å². The molecule has 2 aromatic rings. The molecule has 0 saturated heterocycles. The zero-order valence-electron chi connectivity index (χ0n) is 19.2. The van der Waals surface area contributed by atoms with E-state index < -0.39 is 22.9 Å². The summed E-state index contributed by atoms with van der Waals surface area (Å²) in [6.45, 7) is 4.03. The first-order valence-electron chi connectivity index (χ1n) is 11.6. The minimum absolute atomic E-state index is 0.203. The second-order valence-electron chi connectivity index (χ2n) is 8.33. The van der Waals surface area contributed by atoms with Crippen molar-refractivity contribution in [1.82, 2.24) is 0 Å². The first kappa shape index (κ1) is 25.9. The standard InChI is InChI=1S/C27H31F3O3S/c1-2-27(31)33-17-8-4-3-7-16-32-26-15-14-24(19-25(26)20-34(28,29)30)23-13-9-12-21-10-5-6-11-22(21)18-23/h2,5-6,10-11,14-15,18-19H,1,3-4,7-9,12-13,16-17,20H2. The van der Waals surface area contributed by atoms with Crippen LogP contribution in [0.25, 0.3) is 11.6 Å². The number of esters is 1. The fourth-order valence-electron chi connectivity index (χ4n) is 4.04. The van der Waals surface area contributed by atoms with E-state index in [2.05, 4.69) is 24.8 Å². The molecule has 0 aliphatic heterocycles. The Hall–Kier alpha value is -2.67. The number of benzene rings is 2. The summed E-state index contributed by atoms with van der Waals surface area (Å²) in [5, 5.41) is 0. The fourth-order valence-corrected chi connectivity index (χ4v) is 4.62. The molecule has 0 spiro atoms. The summed E-state index contributed by atoms with van der Waals surface area (Å²) < 4.78 is 50.8. The van der Waals surface area contributed by atoms with Crippen molar-refractivity contribution in [2.24, 2.45) is 0 Å². The molecule has 1 aliphatic rings. The van der Waals surface area contributed by atoms with Gasteiger partial charge < -0.3 is 9.47 Å². The Morgan fingerprint density at radius 2 is 1.76 bits per heavy atom. The number of rotatable bonds is 12. The summed E-state index contributed by atoms with van der Waals surface area (Å²) >= 11 is -5.21. The molecule has 0 amide bonds. The van der Waals surface area contributed by atoms with Gasteiger partial charge in [0.1, 0.15) is 5.75 Å². The minimum Gasteiger partial charge on any atom is -0.493 e. The Balaban J connectivity index is 1.63. The largest absolute Gasteiger partial charge is 0.493 e. The van der Waals surface area contributed by atoms with E-state index in [1.54, 1.807) is 12.1 Å². The van der Waals surface area contributed by atoms with Gasteiger partial charge in [-0.05, 0) is 79.3 Å². The number of hydrogen-bond acceptors (Lipinski definition) is 3. The van der Waals surface area contributed by atoms with Crippen LogP contribution >= 0.6 is 11.2 Å². The molecule has 184 valence electrons. The highest BCUT2D eigenvalue weighted by Crippen LogP contribution is 2.57. The van der Waals surface area contributed by atoms with Gasteiger partial charge >= 0.3 is 5.97 Å². The Kier molecular flexibility index (Phi) is 9.69. The van der Waals surface area contributed by atoms with E-state index in [1.807, 2.05) is 18.2 Å². The van der Waals surface area contributed by atoms with Crippen LogP contribution in [0.1, 0.15) is 60.8 Å². The lowest BCUT2D eigenvalue weighted by molar-refractivity contribution is -0.137. The van der Waals surface area contributed by atoms with Crippen LogP contribution in [-0.2, 0) is 21.7 Å². The second-order valence-corrected chi connectivity index (χ2v) is 9.62. The average molecular weight is 493 g/mol. The Morgan fingerprint density at radius 1 is 1.00 bits per heavy atom. The number of unbranched alkanes of at least 4 members (excludes halogenated alkanes) is 3. The lowest BCUT2D eigenvalue weighted by Crippen LogP contribution is -2.03. The maximum Gasteiger partial charge on any atom is 0.330 e. The molecule has 0 N–H and O–H groups in total. The Labute approximate surface area is 201 Å². The van der Waals surface area contributed by atoms with Gasteiger partial charge in [0.2, 0.25) is 11.2 Å². The van der Waals surface area contributed by atoms with Crippen LogP contribution in [0.3, 0.4) is 0 Å². The van der Waals surface area contributed by atoms with Crippen LogP contribution in [0.15, 0.2) is 55.1 Å². The number of carbonyl (C=O) groups is 1. The number of ether oxygens (including phenoxy) is 2. The van der Waals surface area contributed by atoms with Crippen LogP contribution in [0.2, 0.25) is 0 Å². The highest BCUT2D eigenvalue weighted by atomic mass is 32.3. The molecular weight excluding hydrogens is 461 g/mol. The first-order chi connectivity index (χ1) is 16.4. The van der Waals surface area contributed by atoms with Crippen LogP contribution in [0, 0.1) is 0 Å². The molecule has 0 unspecified atom stereocenters. The molecule has 0 aromatic heterocycles. The summed E-state index contributed by atoms with van der Waals surface area (Å²) in [6, 6.07) is 13.4. The maximum atomic E-state index is 13.4. The fraction of sp³-hybridized carbons (Fsp3) is 0.370. The van der Waals surface area contributed by atoms with Gasteiger partial charge in [-0.15, -0.1) is 11.7 Å². The smallest absolute Gasteiger partial charge is 0.330 e. The second kappa shape index (κ2) is 12.7. The van der Waals surface area contributed by atoms with Crippen molar-refractivity contribution < 1.29 is 25.9 Å². The van der Waals surface area contributed by atoms with Gasteiger partial charge in [-0.3, -0.25) is 0 Å². The van der Waals surface area contributed by atoms with E-state index in [9.17, 15) is 16.5 Å². The van der Waals surface area contributed by atoms with Gasteiger partial charge in [0, 0.05) is 11.6 Å².